The maximum absolute atomic E-state index is 3.46. The van der Waals surface area contributed by atoms with Crippen LogP contribution in [0, 0.1) is 5.92 Å². The summed E-state index contributed by atoms with van der Waals surface area (Å²) in [5.74, 6) is 1.05. The molecule has 0 amide bonds. The molecule has 8 heavy (non-hydrogen) atoms. The molecule has 1 aliphatic carbocycles. The highest BCUT2D eigenvalue weighted by Gasteiger charge is 2.55. The Hall–Kier alpha value is -0.0800. The van der Waals surface area contributed by atoms with E-state index >= 15 is 0 Å². The maximum Gasteiger partial charge on any atom is 0.0429 e. The topological polar surface area (TPSA) is 15.0 Å². The summed E-state index contributed by atoms with van der Waals surface area (Å²) >= 11 is 0. The van der Waals surface area contributed by atoms with E-state index in [2.05, 4.69) is 10.4 Å². The third kappa shape index (κ3) is 0.273. The van der Waals surface area contributed by atoms with Gasteiger partial charge in [0.05, 0.1) is 0 Å². The van der Waals surface area contributed by atoms with E-state index in [1.165, 1.54) is 19.4 Å². The Morgan fingerprint density at radius 1 is 1.38 bits per heavy atom. The van der Waals surface area contributed by atoms with E-state index in [-0.39, 0.29) is 0 Å². The normalized spacial score (nSPS) is 66.0. The summed E-state index contributed by atoms with van der Waals surface area (Å²) in [5, 5.41) is 2.38. The molecule has 3 fully saturated rings. The lowest BCUT2D eigenvalue weighted by atomic mass is 9.79. The molecule has 0 bridgehead atoms. The number of hydrogen-bond acceptors (Lipinski definition) is 2. The Morgan fingerprint density at radius 2 is 2.38 bits per heavy atom. The molecule has 2 heteroatoms. The van der Waals surface area contributed by atoms with Crippen molar-refractivity contribution in [2.45, 2.75) is 24.9 Å². The van der Waals surface area contributed by atoms with E-state index in [1.807, 2.05) is 0 Å². The summed E-state index contributed by atoms with van der Waals surface area (Å²) in [6.45, 7) is 1.33. The lowest BCUT2D eigenvalue weighted by Gasteiger charge is -2.30. The van der Waals surface area contributed by atoms with Crippen LogP contribution in [0.15, 0.2) is 0 Å². The van der Waals surface area contributed by atoms with E-state index in [1.54, 1.807) is 0 Å². The quantitative estimate of drug-likeness (QED) is 0.440. The van der Waals surface area contributed by atoms with E-state index < -0.39 is 0 Å². The second kappa shape index (κ2) is 0.957. The molecule has 2 aliphatic heterocycles. The molecule has 2 heterocycles. The monoisotopic (exact) mass is 110 g/mol. The van der Waals surface area contributed by atoms with Gasteiger partial charge in [-0.25, -0.2) is 5.01 Å². The molecule has 0 spiro atoms. The molecule has 2 saturated heterocycles. The van der Waals surface area contributed by atoms with Crippen molar-refractivity contribution in [1.29, 1.82) is 0 Å². The third-order valence-corrected chi connectivity index (χ3v) is 2.80. The fourth-order valence-corrected chi connectivity index (χ4v) is 2.03. The van der Waals surface area contributed by atoms with Crippen molar-refractivity contribution in [3.63, 3.8) is 0 Å². The molecule has 3 unspecified atom stereocenters. The van der Waals surface area contributed by atoms with E-state index in [4.69, 9.17) is 0 Å². The highest BCUT2D eigenvalue weighted by molar-refractivity contribution is 5.08. The number of nitrogens with zero attached hydrogens (tertiary/aromatic N) is 1. The molecule has 1 N–H and O–H groups in total. The maximum atomic E-state index is 3.46. The minimum atomic E-state index is 0.897. The van der Waals surface area contributed by atoms with Crippen LogP contribution in [0.25, 0.3) is 0 Å². The van der Waals surface area contributed by atoms with Crippen LogP contribution >= 0.6 is 0 Å². The van der Waals surface area contributed by atoms with E-state index in [9.17, 15) is 0 Å². The van der Waals surface area contributed by atoms with Gasteiger partial charge in [-0.15, -0.1) is 0 Å². The SMILES string of the molecule is C1C[C@H]2C1NN1CC21. The first kappa shape index (κ1) is 3.85. The lowest BCUT2D eigenvalue weighted by Crippen LogP contribution is -2.40. The molecule has 0 aromatic heterocycles. The second-order valence-electron chi connectivity index (χ2n) is 3.20. The van der Waals surface area contributed by atoms with Gasteiger partial charge in [0.15, 0.2) is 0 Å². The summed E-state index contributed by atoms with van der Waals surface area (Å²) < 4.78 is 0. The Balaban J connectivity index is 1.92. The van der Waals surface area contributed by atoms with Gasteiger partial charge in [-0.05, 0) is 18.8 Å². The van der Waals surface area contributed by atoms with Crippen LogP contribution in [0.2, 0.25) is 0 Å². The number of nitrogens with one attached hydrogen (secondary N) is 1. The minimum Gasteiger partial charge on any atom is -0.251 e. The van der Waals surface area contributed by atoms with Gasteiger partial charge >= 0.3 is 0 Å². The van der Waals surface area contributed by atoms with Crippen LogP contribution in [0.5, 0.6) is 0 Å². The van der Waals surface area contributed by atoms with Gasteiger partial charge in [0.2, 0.25) is 0 Å². The zero-order chi connectivity index (χ0) is 5.14. The molecule has 0 radical (unpaired) electrons. The van der Waals surface area contributed by atoms with Crippen LogP contribution in [-0.2, 0) is 0 Å². The van der Waals surface area contributed by atoms with Crippen molar-refractivity contribution in [2.24, 2.45) is 5.92 Å². The molecule has 3 rings (SSSR count). The number of hydrazine groups is 1. The van der Waals surface area contributed by atoms with Gasteiger partial charge in [0.25, 0.3) is 0 Å². The smallest absolute Gasteiger partial charge is 0.0429 e. The average Bonchev–Trinajstić information content (AvgIpc) is 2.34. The zero-order valence-electron chi connectivity index (χ0n) is 4.80. The molecule has 1 saturated carbocycles. The zero-order valence-corrected chi connectivity index (χ0v) is 4.80. The first-order valence-electron chi connectivity index (χ1n) is 3.48. The van der Waals surface area contributed by atoms with Crippen molar-refractivity contribution in [2.75, 3.05) is 6.54 Å². The summed E-state index contributed by atoms with van der Waals surface area (Å²) in [6.07, 6.45) is 2.91. The van der Waals surface area contributed by atoms with Gasteiger partial charge in [-0.3, -0.25) is 5.43 Å². The minimum absolute atomic E-state index is 0.897. The first-order valence-corrected chi connectivity index (χ1v) is 3.48. The molecular weight excluding hydrogens is 100 g/mol. The summed E-state index contributed by atoms with van der Waals surface area (Å²) in [7, 11) is 0. The highest BCUT2D eigenvalue weighted by Crippen LogP contribution is 2.44. The average molecular weight is 110 g/mol. The molecule has 0 aromatic carbocycles. The molecule has 3 aliphatic rings. The Morgan fingerprint density at radius 3 is 2.75 bits per heavy atom. The molecule has 0 aromatic rings. The van der Waals surface area contributed by atoms with Crippen LogP contribution in [0.4, 0.5) is 0 Å². The fraction of sp³-hybridized carbons (Fsp3) is 1.00. The van der Waals surface area contributed by atoms with Crippen LogP contribution in [0.1, 0.15) is 12.8 Å². The summed E-state index contributed by atoms with van der Waals surface area (Å²) in [4.78, 5) is 0. The predicted octanol–water partition coefficient (Wildman–Crippen LogP) is -0.0326. The summed E-state index contributed by atoms with van der Waals surface area (Å²) in [5.41, 5.74) is 3.46. The highest BCUT2D eigenvalue weighted by atomic mass is 15.7. The number of hydrogen-bond donors (Lipinski definition) is 1. The van der Waals surface area contributed by atoms with Crippen molar-refractivity contribution in [3.05, 3.63) is 0 Å². The fourth-order valence-electron chi connectivity index (χ4n) is 2.03. The van der Waals surface area contributed by atoms with Crippen molar-refractivity contribution in [3.8, 4) is 0 Å². The van der Waals surface area contributed by atoms with Gasteiger partial charge in [0, 0.05) is 18.6 Å². The Labute approximate surface area is 48.8 Å². The van der Waals surface area contributed by atoms with E-state index in [0.717, 1.165) is 18.0 Å². The van der Waals surface area contributed by atoms with Crippen LogP contribution in [-0.4, -0.2) is 23.6 Å². The molecular formula is C6H10N2. The predicted molar refractivity (Wildman–Crippen MR) is 30.1 cm³/mol. The summed E-state index contributed by atoms with van der Waals surface area (Å²) in [6, 6.07) is 1.86. The van der Waals surface area contributed by atoms with Crippen LogP contribution in [0.3, 0.4) is 0 Å². The first-order chi connectivity index (χ1) is 3.95. The van der Waals surface area contributed by atoms with Gasteiger partial charge < -0.3 is 0 Å². The third-order valence-electron chi connectivity index (χ3n) is 2.80. The van der Waals surface area contributed by atoms with Crippen molar-refractivity contribution >= 4 is 0 Å². The standard InChI is InChI=1S/C6H10N2/c1-2-5-4(1)6-3-8(6)7-5/h4-7H,1-3H2/t4-,5?,6?,8?/m0/s1. The Bertz CT molecular complexity index is 130. The van der Waals surface area contributed by atoms with Gasteiger partial charge in [0.1, 0.15) is 0 Å². The number of fused-ring (bicyclic) bond motifs is 3. The lowest BCUT2D eigenvalue weighted by molar-refractivity contribution is 0.241. The van der Waals surface area contributed by atoms with Crippen LogP contribution < -0.4 is 5.43 Å². The van der Waals surface area contributed by atoms with Gasteiger partial charge in [-0.1, -0.05) is 0 Å². The second-order valence-corrected chi connectivity index (χ2v) is 3.20. The van der Waals surface area contributed by atoms with E-state index in [0.29, 0.717) is 0 Å². The molecule has 44 valence electrons. The largest absolute Gasteiger partial charge is 0.251 e. The van der Waals surface area contributed by atoms with Crippen molar-refractivity contribution in [1.82, 2.24) is 10.4 Å². The molecule has 4 atom stereocenters. The van der Waals surface area contributed by atoms with Crippen molar-refractivity contribution < 1.29 is 0 Å². The van der Waals surface area contributed by atoms with Gasteiger partial charge in [-0.2, -0.15) is 0 Å². The molecule has 2 nitrogen and oxygen atoms in total. The Kier molecular flexibility index (Phi) is 0.461. The number of rotatable bonds is 0.